The number of benzene rings is 1. The standard InChI is InChI=1S/C15H10N2O3/c16-8-11-6-5-10(9-17-11)7-14(18)12-3-1-2-4-13(12)15(19)20/h1-6,9H,7H2,(H,19,20). The van der Waals surface area contributed by atoms with Gasteiger partial charge in [-0.15, -0.1) is 0 Å². The van der Waals surface area contributed by atoms with Crippen LogP contribution >= 0.6 is 0 Å². The summed E-state index contributed by atoms with van der Waals surface area (Å²) in [6.07, 6.45) is 1.49. The molecule has 0 saturated heterocycles. The highest BCUT2D eigenvalue weighted by molar-refractivity contribution is 6.06. The van der Waals surface area contributed by atoms with E-state index in [1.165, 1.54) is 24.4 Å². The van der Waals surface area contributed by atoms with Gasteiger partial charge in [0.25, 0.3) is 0 Å². The van der Waals surface area contributed by atoms with E-state index in [0.29, 0.717) is 5.56 Å². The summed E-state index contributed by atoms with van der Waals surface area (Å²) in [5, 5.41) is 17.7. The summed E-state index contributed by atoms with van der Waals surface area (Å²) in [6.45, 7) is 0. The van der Waals surface area contributed by atoms with E-state index in [4.69, 9.17) is 10.4 Å². The Labute approximate surface area is 115 Å². The Morgan fingerprint density at radius 2 is 1.85 bits per heavy atom. The van der Waals surface area contributed by atoms with Gasteiger partial charge in [-0.3, -0.25) is 4.79 Å². The largest absolute Gasteiger partial charge is 0.478 e. The highest BCUT2D eigenvalue weighted by Gasteiger charge is 2.16. The molecule has 0 amide bonds. The first kappa shape index (κ1) is 13.4. The van der Waals surface area contributed by atoms with Crippen molar-refractivity contribution in [3.05, 3.63) is 65.0 Å². The fourth-order valence-corrected chi connectivity index (χ4v) is 1.79. The van der Waals surface area contributed by atoms with Gasteiger partial charge in [-0.1, -0.05) is 24.3 Å². The predicted octanol–water partition coefficient (Wildman–Crippen LogP) is 2.08. The average Bonchev–Trinajstić information content (AvgIpc) is 2.48. The first-order chi connectivity index (χ1) is 9.61. The Kier molecular flexibility index (Phi) is 3.87. The maximum atomic E-state index is 12.1. The number of hydrogen-bond acceptors (Lipinski definition) is 4. The zero-order chi connectivity index (χ0) is 14.5. The lowest BCUT2D eigenvalue weighted by Gasteiger charge is -2.05. The van der Waals surface area contributed by atoms with E-state index in [1.54, 1.807) is 18.2 Å². The molecule has 0 saturated carbocycles. The normalized spacial score (nSPS) is 9.75. The van der Waals surface area contributed by atoms with Crippen molar-refractivity contribution in [1.29, 1.82) is 5.26 Å². The van der Waals surface area contributed by atoms with Gasteiger partial charge in [-0.25, -0.2) is 9.78 Å². The number of aromatic nitrogens is 1. The minimum absolute atomic E-state index is 0.0147. The number of rotatable bonds is 4. The number of carboxylic acids is 1. The first-order valence-electron chi connectivity index (χ1n) is 5.82. The molecule has 5 nitrogen and oxygen atoms in total. The van der Waals surface area contributed by atoms with E-state index >= 15 is 0 Å². The van der Waals surface area contributed by atoms with Crippen LogP contribution in [0.4, 0.5) is 0 Å². The van der Waals surface area contributed by atoms with Gasteiger partial charge in [-0.05, 0) is 17.7 Å². The number of carboxylic acid groups (broad SMARTS) is 1. The zero-order valence-electron chi connectivity index (χ0n) is 10.4. The van der Waals surface area contributed by atoms with Crippen molar-refractivity contribution < 1.29 is 14.7 Å². The molecule has 2 aromatic rings. The molecule has 1 heterocycles. The van der Waals surface area contributed by atoms with Crippen LogP contribution in [0.25, 0.3) is 0 Å². The Balaban J connectivity index is 2.24. The fraction of sp³-hybridized carbons (Fsp3) is 0.0667. The molecule has 0 aliphatic carbocycles. The lowest BCUT2D eigenvalue weighted by atomic mass is 9.99. The van der Waals surface area contributed by atoms with Crippen LogP contribution in [0.5, 0.6) is 0 Å². The number of carbonyl (C=O) groups excluding carboxylic acids is 1. The van der Waals surface area contributed by atoms with Crippen molar-refractivity contribution in [3.63, 3.8) is 0 Å². The third-order valence-corrected chi connectivity index (χ3v) is 2.76. The van der Waals surface area contributed by atoms with Gasteiger partial charge in [-0.2, -0.15) is 5.26 Å². The van der Waals surface area contributed by atoms with E-state index in [-0.39, 0.29) is 29.0 Å². The second kappa shape index (κ2) is 5.76. The summed E-state index contributed by atoms with van der Waals surface area (Å²) in [4.78, 5) is 27.1. The molecule has 5 heteroatoms. The number of hydrogen-bond donors (Lipinski definition) is 1. The molecule has 98 valence electrons. The molecule has 0 radical (unpaired) electrons. The fourth-order valence-electron chi connectivity index (χ4n) is 1.79. The maximum Gasteiger partial charge on any atom is 0.336 e. The number of carbonyl (C=O) groups is 2. The number of aromatic carboxylic acids is 1. The topological polar surface area (TPSA) is 91.0 Å². The molecular weight excluding hydrogens is 256 g/mol. The summed E-state index contributed by atoms with van der Waals surface area (Å²) in [5.41, 5.74) is 1.06. The van der Waals surface area contributed by atoms with Gasteiger partial charge in [0.1, 0.15) is 11.8 Å². The monoisotopic (exact) mass is 266 g/mol. The maximum absolute atomic E-state index is 12.1. The third kappa shape index (κ3) is 2.87. The number of nitriles is 1. The minimum atomic E-state index is -1.13. The molecule has 1 N–H and O–H groups in total. The molecule has 0 aliphatic heterocycles. The van der Waals surface area contributed by atoms with Gasteiger partial charge in [0.2, 0.25) is 0 Å². The van der Waals surface area contributed by atoms with Crippen molar-refractivity contribution >= 4 is 11.8 Å². The summed E-state index contributed by atoms with van der Waals surface area (Å²) in [6, 6.07) is 11.1. The SMILES string of the molecule is N#Cc1ccc(CC(=O)c2ccccc2C(=O)O)cn1. The van der Waals surface area contributed by atoms with Crippen LogP contribution in [0.2, 0.25) is 0 Å². The molecule has 0 bridgehead atoms. The lowest BCUT2D eigenvalue weighted by Crippen LogP contribution is -2.10. The molecule has 2 rings (SSSR count). The average molecular weight is 266 g/mol. The number of ketones is 1. The van der Waals surface area contributed by atoms with Crippen LogP contribution in [0.3, 0.4) is 0 Å². The smallest absolute Gasteiger partial charge is 0.336 e. The van der Waals surface area contributed by atoms with E-state index in [1.807, 2.05) is 6.07 Å². The van der Waals surface area contributed by atoms with Crippen LogP contribution in [0, 0.1) is 11.3 Å². The van der Waals surface area contributed by atoms with E-state index in [2.05, 4.69) is 4.98 Å². The number of nitrogens with zero attached hydrogens (tertiary/aromatic N) is 2. The van der Waals surface area contributed by atoms with Gasteiger partial charge >= 0.3 is 5.97 Å². The molecule has 0 aliphatic rings. The van der Waals surface area contributed by atoms with E-state index in [0.717, 1.165) is 0 Å². The Bertz CT molecular complexity index is 700. The Hall–Kier alpha value is -3.00. The summed E-state index contributed by atoms with van der Waals surface area (Å²) < 4.78 is 0. The molecule has 1 aromatic carbocycles. The Morgan fingerprint density at radius 3 is 2.40 bits per heavy atom. The quantitative estimate of drug-likeness (QED) is 0.855. The summed E-state index contributed by atoms with van der Waals surface area (Å²) in [5.74, 6) is -1.43. The van der Waals surface area contributed by atoms with Crippen molar-refractivity contribution in [2.24, 2.45) is 0 Å². The van der Waals surface area contributed by atoms with Crippen LogP contribution in [0.1, 0.15) is 32.0 Å². The second-order valence-corrected chi connectivity index (χ2v) is 4.11. The van der Waals surface area contributed by atoms with E-state index in [9.17, 15) is 9.59 Å². The lowest BCUT2D eigenvalue weighted by molar-refractivity contribution is 0.0692. The highest BCUT2D eigenvalue weighted by atomic mass is 16.4. The van der Waals surface area contributed by atoms with E-state index < -0.39 is 5.97 Å². The highest BCUT2D eigenvalue weighted by Crippen LogP contribution is 2.13. The van der Waals surface area contributed by atoms with Gasteiger partial charge in [0.05, 0.1) is 5.56 Å². The van der Waals surface area contributed by atoms with Gasteiger partial charge < -0.3 is 5.11 Å². The van der Waals surface area contributed by atoms with Crippen molar-refractivity contribution in [2.45, 2.75) is 6.42 Å². The van der Waals surface area contributed by atoms with Crippen molar-refractivity contribution in [1.82, 2.24) is 4.98 Å². The summed E-state index contributed by atoms with van der Waals surface area (Å²) in [7, 11) is 0. The molecular formula is C15H10N2O3. The van der Waals surface area contributed by atoms with Crippen LogP contribution in [0.15, 0.2) is 42.6 Å². The van der Waals surface area contributed by atoms with Gasteiger partial charge in [0.15, 0.2) is 5.78 Å². The van der Waals surface area contributed by atoms with Crippen molar-refractivity contribution in [3.8, 4) is 6.07 Å². The predicted molar refractivity (Wildman–Crippen MR) is 70.4 cm³/mol. The van der Waals surface area contributed by atoms with Crippen molar-refractivity contribution in [2.75, 3.05) is 0 Å². The third-order valence-electron chi connectivity index (χ3n) is 2.76. The summed E-state index contributed by atoms with van der Waals surface area (Å²) >= 11 is 0. The molecule has 0 unspecified atom stereocenters. The van der Waals surface area contributed by atoms with Crippen LogP contribution < -0.4 is 0 Å². The molecule has 20 heavy (non-hydrogen) atoms. The second-order valence-electron chi connectivity index (χ2n) is 4.11. The molecule has 0 atom stereocenters. The van der Waals surface area contributed by atoms with Crippen LogP contribution in [-0.4, -0.2) is 21.8 Å². The number of Topliss-reactive ketones (excluding diaryl/α,β-unsaturated/α-hetero) is 1. The van der Waals surface area contributed by atoms with Crippen LogP contribution in [-0.2, 0) is 6.42 Å². The molecule has 0 fully saturated rings. The Morgan fingerprint density at radius 1 is 1.15 bits per heavy atom. The number of pyridine rings is 1. The first-order valence-corrected chi connectivity index (χ1v) is 5.82. The molecule has 0 spiro atoms. The molecule has 1 aromatic heterocycles. The minimum Gasteiger partial charge on any atom is -0.478 e. The van der Waals surface area contributed by atoms with Gasteiger partial charge in [0, 0.05) is 18.2 Å². The zero-order valence-corrected chi connectivity index (χ0v) is 10.4.